The maximum Gasteiger partial charge on any atom is 0.313 e. The van der Waals surface area contributed by atoms with E-state index in [9.17, 15) is 19.5 Å². The Morgan fingerprint density at radius 1 is 1.11 bits per heavy atom. The second-order valence-corrected chi connectivity index (χ2v) is 10.6. The average molecular weight is 489 g/mol. The maximum atomic E-state index is 14.2. The SMILES string of the molecule is CCCC(C)N1CC=C[C@]23O[C@@]4(C)/C=C\CCCCOC(=O)[C@H]4[C@H]2C(=O)N([C@@H](CC)CO)C3C1=O. The number of ether oxygens (including phenoxy) is 2. The molecule has 2 unspecified atom stereocenters. The molecule has 0 aromatic heterocycles. The molecule has 35 heavy (non-hydrogen) atoms. The van der Waals surface area contributed by atoms with Crippen LogP contribution in [0.25, 0.3) is 0 Å². The molecule has 0 bridgehead atoms. The molecule has 1 N–H and O–H groups in total. The van der Waals surface area contributed by atoms with Crippen molar-refractivity contribution in [2.75, 3.05) is 19.8 Å². The molecule has 8 heteroatoms. The van der Waals surface area contributed by atoms with Crippen molar-refractivity contribution in [1.29, 1.82) is 0 Å². The Morgan fingerprint density at radius 2 is 1.89 bits per heavy atom. The van der Waals surface area contributed by atoms with Gasteiger partial charge < -0.3 is 24.4 Å². The van der Waals surface area contributed by atoms with Crippen LogP contribution in [0.3, 0.4) is 0 Å². The minimum atomic E-state index is -1.31. The summed E-state index contributed by atoms with van der Waals surface area (Å²) in [5.41, 5.74) is -2.40. The number of aliphatic hydroxyl groups is 1. The first-order chi connectivity index (χ1) is 16.8. The van der Waals surface area contributed by atoms with Gasteiger partial charge in [-0.2, -0.15) is 0 Å². The highest BCUT2D eigenvalue weighted by molar-refractivity contribution is 5.99. The van der Waals surface area contributed by atoms with Crippen molar-refractivity contribution >= 4 is 17.8 Å². The lowest BCUT2D eigenvalue weighted by molar-refractivity contribution is -0.162. The number of aliphatic hydroxyl groups excluding tert-OH is 1. The van der Waals surface area contributed by atoms with E-state index in [1.807, 2.05) is 50.0 Å². The van der Waals surface area contributed by atoms with E-state index in [0.717, 1.165) is 32.1 Å². The Kier molecular flexibility index (Phi) is 7.44. The van der Waals surface area contributed by atoms with Crippen LogP contribution in [0.5, 0.6) is 0 Å². The Hall–Kier alpha value is -2.19. The second kappa shape index (κ2) is 10.1. The van der Waals surface area contributed by atoms with Crippen molar-refractivity contribution < 1.29 is 29.0 Å². The highest BCUT2D eigenvalue weighted by atomic mass is 16.6. The number of hydrogen-bond acceptors (Lipinski definition) is 6. The van der Waals surface area contributed by atoms with Crippen LogP contribution >= 0.6 is 0 Å². The predicted octanol–water partition coefficient (Wildman–Crippen LogP) is 2.60. The first kappa shape index (κ1) is 25.9. The van der Waals surface area contributed by atoms with E-state index in [1.165, 1.54) is 4.90 Å². The third-order valence-electron chi connectivity index (χ3n) is 8.28. The highest BCUT2D eigenvalue weighted by Gasteiger charge is 2.75. The molecule has 2 saturated heterocycles. The van der Waals surface area contributed by atoms with Crippen LogP contribution in [0.1, 0.15) is 66.2 Å². The summed E-state index contributed by atoms with van der Waals surface area (Å²) in [7, 11) is 0. The summed E-state index contributed by atoms with van der Waals surface area (Å²) in [6.07, 6.45) is 12.4. The van der Waals surface area contributed by atoms with Gasteiger partial charge in [-0.15, -0.1) is 0 Å². The molecule has 4 aliphatic rings. The first-order valence-electron chi connectivity index (χ1n) is 13.2. The van der Waals surface area contributed by atoms with E-state index >= 15 is 0 Å². The number of carbonyl (C=O) groups excluding carboxylic acids is 3. The lowest BCUT2D eigenvalue weighted by Gasteiger charge is -2.41. The maximum absolute atomic E-state index is 14.2. The summed E-state index contributed by atoms with van der Waals surface area (Å²) < 4.78 is 12.4. The minimum Gasteiger partial charge on any atom is -0.465 e. The number of fused-ring (bicyclic) bond motifs is 2. The zero-order valence-electron chi connectivity index (χ0n) is 21.4. The number of carbonyl (C=O) groups is 3. The summed E-state index contributed by atoms with van der Waals surface area (Å²) in [6.45, 7) is 8.25. The predicted molar refractivity (Wildman–Crippen MR) is 130 cm³/mol. The number of rotatable bonds is 6. The Labute approximate surface area is 208 Å². The Morgan fingerprint density at radius 3 is 2.57 bits per heavy atom. The van der Waals surface area contributed by atoms with Crippen LogP contribution in [0.2, 0.25) is 0 Å². The lowest BCUT2D eigenvalue weighted by atomic mass is 9.74. The molecule has 0 aliphatic carbocycles. The smallest absolute Gasteiger partial charge is 0.313 e. The van der Waals surface area contributed by atoms with Crippen molar-refractivity contribution in [3.05, 3.63) is 24.3 Å². The van der Waals surface area contributed by atoms with Gasteiger partial charge in [0.05, 0.1) is 30.8 Å². The van der Waals surface area contributed by atoms with E-state index in [0.29, 0.717) is 19.6 Å². The summed E-state index contributed by atoms with van der Waals surface area (Å²) >= 11 is 0. The fourth-order valence-corrected chi connectivity index (χ4v) is 6.53. The van der Waals surface area contributed by atoms with Gasteiger partial charge in [0, 0.05) is 12.6 Å². The van der Waals surface area contributed by atoms with Crippen LogP contribution in [-0.4, -0.2) is 81.8 Å². The normalized spacial score (nSPS) is 37.7. The Balaban J connectivity index is 1.87. The molecule has 7 atom stereocenters. The number of hydrogen-bond donors (Lipinski definition) is 1. The Bertz CT molecular complexity index is 898. The molecule has 4 rings (SSSR count). The number of cyclic esters (lactones) is 1. The molecule has 0 aromatic carbocycles. The molecule has 8 nitrogen and oxygen atoms in total. The molecule has 2 amide bonds. The topological polar surface area (TPSA) is 96.4 Å². The number of nitrogens with zero attached hydrogens (tertiary/aromatic N) is 2. The molecule has 194 valence electrons. The molecule has 4 aliphatic heterocycles. The number of allylic oxidation sites excluding steroid dienone is 1. The number of amides is 2. The number of likely N-dealkylation sites (tertiary alicyclic amines) is 1. The van der Waals surface area contributed by atoms with E-state index in [-0.39, 0.29) is 24.5 Å². The van der Waals surface area contributed by atoms with Crippen molar-refractivity contribution in [3.63, 3.8) is 0 Å². The van der Waals surface area contributed by atoms with Crippen LogP contribution in [-0.2, 0) is 23.9 Å². The van der Waals surface area contributed by atoms with Gasteiger partial charge in [0.15, 0.2) is 0 Å². The molecule has 0 radical (unpaired) electrons. The van der Waals surface area contributed by atoms with E-state index < -0.39 is 41.1 Å². The van der Waals surface area contributed by atoms with Crippen molar-refractivity contribution in [3.8, 4) is 0 Å². The van der Waals surface area contributed by atoms with Crippen LogP contribution in [0.15, 0.2) is 24.3 Å². The van der Waals surface area contributed by atoms with Gasteiger partial charge in [-0.05, 0) is 46.0 Å². The van der Waals surface area contributed by atoms with E-state index in [1.54, 1.807) is 0 Å². The third-order valence-corrected chi connectivity index (χ3v) is 8.28. The molecule has 0 saturated carbocycles. The van der Waals surface area contributed by atoms with Crippen molar-refractivity contribution in [2.45, 2.75) is 95.5 Å². The fourth-order valence-electron chi connectivity index (χ4n) is 6.53. The van der Waals surface area contributed by atoms with Gasteiger partial charge in [-0.1, -0.05) is 44.6 Å². The summed E-state index contributed by atoms with van der Waals surface area (Å²) in [5.74, 6) is -2.77. The molecular formula is C27H40N2O6. The zero-order valence-corrected chi connectivity index (χ0v) is 21.4. The second-order valence-electron chi connectivity index (χ2n) is 10.6. The van der Waals surface area contributed by atoms with Gasteiger partial charge in [-0.25, -0.2) is 0 Å². The van der Waals surface area contributed by atoms with Gasteiger partial charge in [0.1, 0.15) is 17.6 Å². The van der Waals surface area contributed by atoms with Gasteiger partial charge >= 0.3 is 5.97 Å². The molecule has 2 fully saturated rings. The summed E-state index contributed by atoms with van der Waals surface area (Å²) in [4.78, 5) is 45.1. The van der Waals surface area contributed by atoms with E-state index in [2.05, 4.69) is 6.92 Å². The standard InChI is InChI=1S/C27H40N2O6/c1-5-12-18(3)28-15-11-14-27-20(23(31)29(19(6-2)17-30)22(27)24(28)32)21-25(33)34-16-10-8-7-9-13-26(21,4)35-27/h9,11,13-14,18-22,30H,5-8,10,12,15-17H2,1-4H3/b13-9-/t18?,19-,20-,21+,22?,26-,27-/m0/s1. The largest absolute Gasteiger partial charge is 0.465 e. The zero-order chi connectivity index (χ0) is 25.4. The minimum absolute atomic E-state index is 0.0138. The average Bonchev–Trinajstić information content (AvgIpc) is 3.15. The van der Waals surface area contributed by atoms with Gasteiger partial charge in [0.25, 0.3) is 0 Å². The van der Waals surface area contributed by atoms with Crippen LogP contribution < -0.4 is 0 Å². The summed E-state index contributed by atoms with van der Waals surface area (Å²) in [6, 6.07) is -1.51. The summed E-state index contributed by atoms with van der Waals surface area (Å²) in [5, 5.41) is 10.2. The highest BCUT2D eigenvalue weighted by Crippen LogP contribution is 2.57. The monoisotopic (exact) mass is 488 g/mol. The first-order valence-corrected chi connectivity index (χ1v) is 13.2. The van der Waals surface area contributed by atoms with E-state index in [4.69, 9.17) is 9.47 Å². The molecule has 1 spiro atoms. The molecular weight excluding hydrogens is 448 g/mol. The van der Waals surface area contributed by atoms with Gasteiger partial charge in [0.2, 0.25) is 11.8 Å². The van der Waals surface area contributed by atoms with Crippen molar-refractivity contribution in [2.24, 2.45) is 11.8 Å². The fraction of sp³-hybridized carbons (Fsp3) is 0.741. The van der Waals surface area contributed by atoms with Crippen molar-refractivity contribution in [1.82, 2.24) is 9.80 Å². The van der Waals surface area contributed by atoms with Gasteiger partial charge in [-0.3, -0.25) is 14.4 Å². The third kappa shape index (κ3) is 4.12. The molecule has 0 aromatic rings. The van der Waals surface area contributed by atoms with Crippen LogP contribution in [0.4, 0.5) is 0 Å². The van der Waals surface area contributed by atoms with Crippen LogP contribution in [0, 0.1) is 11.8 Å². The number of esters is 1. The quantitative estimate of drug-likeness (QED) is 0.456. The lowest BCUT2D eigenvalue weighted by Crippen LogP contribution is -2.59. The molecule has 4 heterocycles.